The Balaban J connectivity index is 1.36. The smallest absolute Gasteiger partial charge is 0.412 e. The van der Waals surface area contributed by atoms with Gasteiger partial charge in [0.15, 0.2) is 0 Å². The predicted octanol–water partition coefficient (Wildman–Crippen LogP) is 4.08. The first-order chi connectivity index (χ1) is 16.2. The molecule has 1 saturated heterocycles. The molecule has 1 aromatic heterocycles. The van der Waals surface area contributed by atoms with Crippen LogP contribution in [0.2, 0.25) is 0 Å². The molecule has 1 fully saturated rings. The Hall–Kier alpha value is -3.03. The van der Waals surface area contributed by atoms with Crippen LogP contribution in [0.25, 0.3) is 10.9 Å². The molecule has 176 valence electrons. The van der Waals surface area contributed by atoms with Crippen molar-refractivity contribution < 1.29 is 14.3 Å². The van der Waals surface area contributed by atoms with E-state index in [2.05, 4.69) is 39.6 Å². The van der Waals surface area contributed by atoms with Gasteiger partial charge in [-0.05, 0) is 36.6 Å². The van der Waals surface area contributed by atoms with Crippen molar-refractivity contribution in [2.24, 2.45) is 0 Å². The van der Waals surface area contributed by atoms with Crippen molar-refractivity contribution in [2.45, 2.75) is 32.8 Å². The number of amides is 1. The molecule has 1 aliphatic heterocycles. The zero-order valence-electron chi connectivity index (χ0n) is 19.4. The molecule has 0 radical (unpaired) electrons. The molecule has 0 saturated carbocycles. The molecule has 0 aliphatic carbocycles. The summed E-state index contributed by atoms with van der Waals surface area (Å²) in [5, 5.41) is 7.35. The summed E-state index contributed by atoms with van der Waals surface area (Å²) in [6.45, 7) is 8.01. The molecule has 2 heterocycles. The lowest BCUT2D eigenvalue weighted by atomic mass is 10.1. The van der Waals surface area contributed by atoms with Crippen LogP contribution in [0.15, 0.2) is 48.7 Å². The molecule has 0 spiro atoms. The van der Waals surface area contributed by atoms with E-state index in [1.807, 2.05) is 30.5 Å². The normalized spacial score (nSPS) is 14.3. The van der Waals surface area contributed by atoms with Crippen LogP contribution < -0.4 is 20.1 Å². The second-order valence-corrected chi connectivity index (χ2v) is 8.47. The monoisotopic (exact) mass is 450 g/mol. The van der Waals surface area contributed by atoms with E-state index < -0.39 is 6.09 Å². The molecular weight excluding hydrogens is 416 g/mol. The number of hydrogen-bond acceptors (Lipinski definition) is 5. The minimum absolute atomic E-state index is 0.430. The van der Waals surface area contributed by atoms with E-state index in [0.29, 0.717) is 24.7 Å². The van der Waals surface area contributed by atoms with Crippen LogP contribution in [0, 0.1) is 0 Å². The van der Waals surface area contributed by atoms with Gasteiger partial charge in [-0.15, -0.1) is 0 Å². The fraction of sp³-hybridized carbons (Fsp3) is 0.423. The first-order valence-corrected chi connectivity index (χ1v) is 11.9. The van der Waals surface area contributed by atoms with E-state index in [9.17, 15) is 4.79 Å². The maximum Gasteiger partial charge on any atom is 0.412 e. The van der Waals surface area contributed by atoms with Gasteiger partial charge >= 0.3 is 6.09 Å². The number of aromatic amines is 1. The summed E-state index contributed by atoms with van der Waals surface area (Å²) in [6.07, 6.45) is 4.64. The number of unbranched alkanes of at least 4 members (excludes halogenated alkanes) is 1. The number of benzene rings is 2. The number of nitrogens with zero attached hydrogens (tertiary/aromatic N) is 1. The number of aromatic nitrogens is 1. The number of piperazine rings is 1. The topological polar surface area (TPSA) is 78.6 Å². The Bertz CT molecular complexity index is 1040. The van der Waals surface area contributed by atoms with E-state index in [0.717, 1.165) is 74.0 Å². The van der Waals surface area contributed by atoms with E-state index in [-0.39, 0.29) is 0 Å². The van der Waals surface area contributed by atoms with Crippen LogP contribution in [0.3, 0.4) is 0 Å². The zero-order valence-corrected chi connectivity index (χ0v) is 19.4. The van der Waals surface area contributed by atoms with Crippen molar-refractivity contribution in [2.75, 3.05) is 39.3 Å². The van der Waals surface area contributed by atoms with Crippen molar-refractivity contribution in [3.63, 3.8) is 0 Å². The number of aryl methyl sites for hydroxylation is 1. The molecule has 3 N–H and O–H groups in total. The SMILES string of the molecule is CCCCc1cc(OCc2c[nH]c3ccccc23)cc(OC(=O)NCCN2CCNCC2)c1. The first kappa shape index (κ1) is 23.1. The average Bonchev–Trinajstić information content (AvgIpc) is 3.25. The molecule has 33 heavy (non-hydrogen) atoms. The second-order valence-electron chi connectivity index (χ2n) is 8.47. The van der Waals surface area contributed by atoms with E-state index in [1.54, 1.807) is 6.07 Å². The number of H-pyrrole nitrogens is 1. The number of hydrogen-bond donors (Lipinski definition) is 3. The number of fused-ring (bicyclic) bond motifs is 1. The summed E-state index contributed by atoms with van der Waals surface area (Å²) in [5.74, 6) is 1.22. The lowest BCUT2D eigenvalue weighted by Crippen LogP contribution is -2.46. The summed E-state index contributed by atoms with van der Waals surface area (Å²) in [5.41, 5.74) is 3.30. The minimum Gasteiger partial charge on any atom is -0.489 e. The highest BCUT2D eigenvalue weighted by Gasteiger charge is 2.12. The number of ether oxygens (including phenoxy) is 2. The highest BCUT2D eigenvalue weighted by molar-refractivity contribution is 5.82. The zero-order chi connectivity index (χ0) is 22.9. The van der Waals surface area contributed by atoms with Crippen LogP contribution >= 0.6 is 0 Å². The van der Waals surface area contributed by atoms with Gasteiger partial charge in [-0.3, -0.25) is 4.90 Å². The van der Waals surface area contributed by atoms with Gasteiger partial charge in [0.05, 0.1) is 0 Å². The fourth-order valence-electron chi connectivity index (χ4n) is 4.10. The number of carbonyl (C=O) groups excluding carboxylic acids is 1. The summed E-state index contributed by atoms with van der Waals surface area (Å²) in [4.78, 5) is 18.0. The van der Waals surface area contributed by atoms with Crippen LogP contribution in [0.5, 0.6) is 11.5 Å². The maximum atomic E-state index is 12.4. The third-order valence-electron chi connectivity index (χ3n) is 5.95. The third-order valence-corrected chi connectivity index (χ3v) is 5.95. The van der Waals surface area contributed by atoms with Crippen LogP contribution in [-0.2, 0) is 13.0 Å². The van der Waals surface area contributed by atoms with Gasteiger partial charge in [0, 0.05) is 68.0 Å². The molecule has 4 rings (SSSR count). The van der Waals surface area contributed by atoms with Crippen LogP contribution in [0.1, 0.15) is 30.9 Å². The number of nitrogens with one attached hydrogen (secondary N) is 3. The average molecular weight is 451 g/mol. The minimum atomic E-state index is -0.430. The lowest BCUT2D eigenvalue weighted by molar-refractivity contribution is 0.194. The molecule has 2 aromatic carbocycles. The summed E-state index contributed by atoms with van der Waals surface area (Å²) in [6, 6.07) is 13.9. The van der Waals surface area contributed by atoms with Crippen molar-refractivity contribution in [1.29, 1.82) is 0 Å². The van der Waals surface area contributed by atoms with E-state index in [4.69, 9.17) is 9.47 Å². The molecule has 7 nitrogen and oxygen atoms in total. The van der Waals surface area contributed by atoms with E-state index >= 15 is 0 Å². The molecule has 1 aliphatic rings. The predicted molar refractivity (Wildman–Crippen MR) is 131 cm³/mol. The maximum absolute atomic E-state index is 12.4. The van der Waals surface area contributed by atoms with Crippen LogP contribution in [0.4, 0.5) is 4.79 Å². The van der Waals surface area contributed by atoms with Gasteiger partial charge in [0.25, 0.3) is 0 Å². The van der Waals surface area contributed by atoms with Gasteiger partial charge in [-0.25, -0.2) is 4.79 Å². The van der Waals surface area contributed by atoms with Gasteiger partial charge in [-0.1, -0.05) is 31.5 Å². The van der Waals surface area contributed by atoms with Crippen molar-refractivity contribution in [1.82, 2.24) is 20.5 Å². The molecular formula is C26H34N4O3. The Morgan fingerprint density at radius 3 is 2.79 bits per heavy atom. The largest absolute Gasteiger partial charge is 0.489 e. The molecule has 0 atom stereocenters. The molecule has 0 bridgehead atoms. The third kappa shape index (κ3) is 6.73. The standard InChI is InChI=1S/C26H34N4O3/c1-2-3-6-20-15-22(32-19-21-18-29-25-8-5-4-7-24(21)25)17-23(16-20)33-26(31)28-11-14-30-12-9-27-10-13-30/h4-5,7-8,15-18,27,29H,2-3,6,9-14,19H2,1H3,(H,28,31). The Morgan fingerprint density at radius 1 is 1.12 bits per heavy atom. The Labute approximate surface area is 195 Å². The second kappa shape index (κ2) is 11.7. The first-order valence-electron chi connectivity index (χ1n) is 11.9. The van der Waals surface area contributed by atoms with E-state index in [1.165, 1.54) is 0 Å². The molecule has 7 heteroatoms. The molecule has 3 aromatic rings. The van der Waals surface area contributed by atoms with Crippen molar-refractivity contribution in [3.8, 4) is 11.5 Å². The number of rotatable bonds is 10. The lowest BCUT2D eigenvalue weighted by Gasteiger charge is -2.26. The van der Waals surface area contributed by atoms with Crippen molar-refractivity contribution >= 4 is 17.0 Å². The molecule has 1 amide bonds. The summed E-state index contributed by atoms with van der Waals surface area (Å²) >= 11 is 0. The molecule has 0 unspecified atom stereocenters. The summed E-state index contributed by atoms with van der Waals surface area (Å²) < 4.78 is 11.7. The Morgan fingerprint density at radius 2 is 1.94 bits per heavy atom. The highest BCUT2D eigenvalue weighted by Crippen LogP contribution is 2.26. The number of para-hydroxylation sites is 1. The quantitative estimate of drug-likeness (QED) is 0.434. The van der Waals surface area contributed by atoms with Crippen molar-refractivity contribution in [3.05, 3.63) is 59.8 Å². The van der Waals surface area contributed by atoms with Gasteiger partial charge in [0.1, 0.15) is 18.1 Å². The highest BCUT2D eigenvalue weighted by atomic mass is 16.6. The van der Waals surface area contributed by atoms with Gasteiger partial charge in [0.2, 0.25) is 0 Å². The van der Waals surface area contributed by atoms with Gasteiger partial charge in [-0.2, -0.15) is 0 Å². The van der Waals surface area contributed by atoms with Gasteiger partial charge < -0.3 is 25.1 Å². The number of carbonyl (C=O) groups is 1. The Kier molecular flexibility index (Phi) is 8.22. The fourth-order valence-corrected chi connectivity index (χ4v) is 4.10. The van der Waals surface area contributed by atoms with Crippen LogP contribution in [-0.4, -0.2) is 55.2 Å². The summed E-state index contributed by atoms with van der Waals surface area (Å²) in [7, 11) is 0.